The third-order valence-corrected chi connectivity index (χ3v) is 5.59. The number of carbonyl (C=O) groups is 1. The molecule has 0 saturated heterocycles. The van der Waals surface area contributed by atoms with E-state index in [2.05, 4.69) is 10.3 Å². The summed E-state index contributed by atoms with van der Waals surface area (Å²) >= 11 is 0. The summed E-state index contributed by atoms with van der Waals surface area (Å²) in [7, 11) is -1.19. The molecule has 1 amide bonds. The van der Waals surface area contributed by atoms with Crippen molar-refractivity contribution in [2.45, 2.75) is 44.4 Å². The van der Waals surface area contributed by atoms with E-state index in [0.717, 1.165) is 16.0 Å². The summed E-state index contributed by atoms with van der Waals surface area (Å²) in [4.78, 5) is 17.4. The fourth-order valence-corrected chi connectivity index (χ4v) is 3.82. The monoisotopic (exact) mass is 396 g/mol. The number of aromatic nitrogens is 1. The largest absolute Gasteiger partial charge is 0.441 e. The van der Waals surface area contributed by atoms with E-state index >= 15 is 0 Å². The minimum atomic E-state index is -1.19. The van der Waals surface area contributed by atoms with E-state index in [1.165, 1.54) is 0 Å². The molecule has 146 valence electrons. The summed E-state index contributed by atoms with van der Waals surface area (Å²) in [6.45, 7) is 7.66. The molecule has 0 fully saturated rings. The molecule has 2 aromatic carbocycles. The Bertz CT molecular complexity index is 990. The maximum atomic E-state index is 12.6. The zero-order valence-corrected chi connectivity index (χ0v) is 17.3. The zero-order chi connectivity index (χ0) is 20.3. The van der Waals surface area contributed by atoms with Gasteiger partial charge in [0.15, 0.2) is 0 Å². The summed E-state index contributed by atoms with van der Waals surface area (Å²) in [5.74, 6) is 1.30. The summed E-state index contributed by atoms with van der Waals surface area (Å²) in [5, 5.41) is 2.86. The minimum absolute atomic E-state index is 0.0820. The number of carbonyl (C=O) groups excluding carboxylic acids is 1. The Morgan fingerprint density at radius 1 is 1.07 bits per heavy atom. The van der Waals surface area contributed by atoms with Crippen LogP contribution in [-0.2, 0) is 16.6 Å². The van der Waals surface area contributed by atoms with Crippen LogP contribution in [0.25, 0.3) is 11.5 Å². The van der Waals surface area contributed by atoms with Crippen molar-refractivity contribution in [3.05, 3.63) is 71.1 Å². The van der Waals surface area contributed by atoms with Gasteiger partial charge in [0, 0.05) is 22.1 Å². The molecule has 1 unspecified atom stereocenters. The number of hydrogen-bond acceptors (Lipinski definition) is 4. The third kappa shape index (κ3) is 4.75. The van der Waals surface area contributed by atoms with Crippen LogP contribution in [0.2, 0.25) is 0 Å². The van der Waals surface area contributed by atoms with E-state index < -0.39 is 10.8 Å². The molecule has 5 nitrogen and oxygen atoms in total. The van der Waals surface area contributed by atoms with Crippen molar-refractivity contribution in [2.75, 3.05) is 0 Å². The molecule has 3 aromatic rings. The summed E-state index contributed by atoms with van der Waals surface area (Å²) in [6.07, 6.45) is 0. The number of nitrogens with one attached hydrogen (secondary N) is 1. The average molecular weight is 397 g/mol. The van der Waals surface area contributed by atoms with Gasteiger partial charge in [0.25, 0.3) is 5.91 Å². The lowest BCUT2D eigenvalue weighted by molar-refractivity contribution is 0.0943. The van der Waals surface area contributed by atoms with E-state index in [9.17, 15) is 9.00 Å². The zero-order valence-electron chi connectivity index (χ0n) is 16.5. The number of nitrogens with zero attached hydrogens (tertiary/aromatic N) is 1. The smallest absolute Gasteiger partial charge is 0.251 e. The first-order chi connectivity index (χ1) is 13.3. The van der Waals surface area contributed by atoms with Crippen LogP contribution in [0.4, 0.5) is 0 Å². The summed E-state index contributed by atoms with van der Waals surface area (Å²) in [5.41, 5.74) is 3.17. The van der Waals surface area contributed by atoms with Gasteiger partial charge in [-0.25, -0.2) is 4.98 Å². The van der Waals surface area contributed by atoms with Crippen molar-refractivity contribution in [1.82, 2.24) is 10.3 Å². The second-order valence-electron chi connectivity index (χ2n) is 7.03. The Morgan fingerprint density at radius 2 is 1.71 bits per heavy atom. The standard InChI is InChI=1S/C22H24N2O3S/c1-14(2)23-21(25)17-7-9-18(10-8-17)22-24-20(16(4)27-22)13-28(26)19-11-5-15(3)6-12-19/h5-12,14H,13H2,1-4H3,(H,23,25). The van der Waals surface area contributed by atoms with Crippen molar-refractivity contribution in [2.24, 2.45) is 0 Å². The average Bonchev–Trinajstić information content (AvgIpc) is 3.02. The lowest BCUT2D eigenvalue weighted by atomic mass is 10.1. The Labute approximate surface area is 167 Å². The third-order valence-electron chi connectivity index (χ3n) is 4.26. The predicted octanol–water partition coefficient (Wildman–Crippen LogP) is 4.40. The molecular formula is C22H24N2O3S. The molecule has 0 spiro atoms. The number of aryl methyl sites for hydroxylation is 2. The van der Waals surface area contributed by atoms with E-state index in [0.29, 0.717) is 28.7 Å². The number of benzene rings is 2. The molecule has 1 heterocycles. The molecule has 0 aliphatic carbocycles. The van der Waals surface area contributed by atoms with Crippen molar-refractivity contribution in [1.29, 1.82) is 0 Å². The van der Waals surface area contributed by atoms with Gasteiger partial charge in [0.2, 0.25) is 5.89 Å². The van der Waals surface area contributed by atoms with Crippen LogP contribution in [0.5, 0.6) is 0 Å². The van der Waals surface area contributed by atoms with Crippen molar-refractivity contribution >= 4 is 16.7 Å². The van der Waals surface area contributed by atoms with E-state index in [4.69, 9.17) is 4.42 Å². The van der Waals surface area contributed by atoms with Gasteiger partial charge in [-0.15, -0.1) is 0 Å². The van der Waals surface area contributed by atoms with Gasteiger partial charge in [-0.2, -0.15) is 0 Å². The van der Waals surface area contributed by atoms with Crippen LogP contribution in [0.1, 0.15) is 41.2 Å². The van der Waals surface area contributed by atoms with E-state index in [1.54, 1.807) is 24.3 Å². The van der Waals surface area contributed by atoms with Gasteiger partial charge in [0.1, 0.15) is 5.76 Å². The van der Waals surface area contributed by atoms with Crippen molar-refractivity contribution < 1.29 is 13.4 Å². The molecule has 0 aliphatic rings. The Balaban J connectivity index is 1.75. The lowest BCUT2D eigenvalue weighted by Crippen LogP contribution is -2.29. The summed E-state index contributed by atoms with van der Waals surface area (Å²) < 4.78 is 18.4. The second-order valence-corrected chi connectivity index (χ2v) is 8.48. The molecular weight excluding hydrogens is 372 g/mol. The Hall–Kier alpha value is -2.73. The van der Waals surface area contributed by atoms with Crippen LogP contribution in [-0.4, -0.2) is 21.1 Å². The molecule has 3 rings (SSSR count). The highest BCUT2D eigenvalue weighted by Crippen LogP contribution is 2.24. The van der Waals surface area contributed by atoms with E-state index in [1.807, 2.05) is 52.0 Å². The molecule has 1 aromatic heterocycles. The predicted molar refractivity (Wildman–Crippen MR) is 111 cm³/mol. The highest BCUT2D eigenvalue weighted by molar-refractivity contribution is 7.84. The first-order valence-electron chi connectivity index (χ1n) is 9.16. The topological polar surface area (TPSA) is 72.2 Å². The van der Waals surface area contributed by atoms with Crippen LogP contribution in [0, 0.1) is 13.8 Å². The maximum Gasteiger partial charge on any atom is 0.251 e. The van der Waals surface area contributed by atoms with Gasteiger partial charge >= 0.3 is 0 Å². The fraction of sp³-hybridized carbons (Fsp3) is 0.273. The molecule has 6 heteroatoms. The van der Waals surface area contributed by atoms with Gasteiger partial charge in [-0.1, -0.05) is 17.7 Å². The van der Waals surface area contributed by atoms with Crippen LogP contribution < -0.4 is 5.32 Å². The molecule has 1 atom stereocenters. The molecule has 0 radical (unpaired) electrons. The van der Waals surface area contributed by atoms with Gasteiger partial charge in [-0.05, 0) is 64.1 Å². The first kappa shape index (κ1) is 20.0. The van der Waals surface area contributed by atoms with E-state index in [-0.39, 0.29) is 11.9 Å². The Kier molecular flexibility index (Phi) is 6.09. The lowest BCUT2D eigenvalue weighted by Gasteiger charge is -2.08. The van der Waals surface area contributed by atoms with Gasteiger partial charge in [-0.3, -0.25) is 9.00 Å². The van der Waals surface area contributed by atoms with Crippen LogP contribution in [0.15, 0.2) is 57.8 Å². The molecule has 28 heavy (non-hydrogen) atoms. The SMILES string of the molecule is Cc1ccc(S(=O)Cc2nc(-c3ccc(C(=O)NC(C)C)cc3)oc2C)cc1. The molecule has 0 saturated carbocycles. The second kappa shape index (κ2) is 8.52. The maximum absolute atomic E-state index is 12.6. The number of oxazole rings is 1. The van der Waals surface area contributed by atoms with Crippen molar-refractivity contribution in [3.63, 3.8) is 0 Å². The van der Waals surface area contributed by atoms with Gasteiger partial charge in [0.05, 0.1) is 22.2 Å². The Morgan fingerprint density at radius 3 is 2.32 bits per heavy atom. The molecule has 1 N–H and O–H groups in total. The molecule has 0 bridgehead atoms. The van der Waals surface area contributed by atoms with Crippen LogP contribution in [0.3, 0.4) is 0 Å². The van der Waals surface area contributed by atoms with Crippen LogP contribution >= 0.6 is 0 Å². The number of rotatable bonds is 6. The highest BCUT2D eigenvalue weighted by atomic mass is 32.2. The molecule has 0 aliphatic heterocycles. The highest BCUT2D eigenvalue weighted by Gasteiger charge is 2.16. The number of amides is 1. The summed E-state index contributed by atoms with van der Waals surface area (Å²) in [6, 6.07) is 14.8. The fourth-order valence-electron chi connectivity index (χ4n) is 2.69. The van der Waals surface area contributed by atoms with Gasteiger partial charge < -0.3 is 9.73 Å². The number of hydrogen-bond donors (Lipinski definition) is 1. The normalized spacial score (nSPS) is 12.2. The minimum Gasteiger partial charge on any atom is -0.441 e. The first-order valence-corrected chi connectivity index (χ1v) is 10.5. The van der Waals surface area contributed by atoms with Crippen molar-refractivity contribution in [3.8, 4) is 11.5 Å². The quantitative estimate of drug-likeness (QED) is 0.670.